The smallest absolute Gasteiger partial charge is 0.105 e. The van der Waals surface area contributed by atoms with E-state index in [0.717, 1.165) is 24.7 Å². The topological polar surface area (TPSA) is 60.7 Å². The minimum atomic E-state index is -1.17. The van der Waals surface area contributed by atoms with Crippen molar-refractivity contribution in [3.63, 3.8) is 0 Å². The Hall–Kier alpha value is -0.120. The van der Waals surface area contributed by atoms with Gasteiger partial charge in [-0.15, -0.1) is 0 Å². The summed E-state index contributed by atoms with van der Waals surface area (Å²) < 4.78 is 0. The summed E-state index contributed by atoms with van der Waals surface area (Å²) in [6, 6.07) is 0. The highest BCUT2D eigenvalue weighted by Crippen LogP contribution is 2.24. The van der Waals surface area contributed by atoms with Gasteiger partial charge in [0.25, 0.3) is 0 Å². The fraction of sp³-hybridized carbons (Fsp3) is 1.00. The van der Waals surface area contributed by atoms with Crippen LogP contribution in [-0.2, 0) is 0 Å². The van der Waals surface area contributed by atoms with Gasteiger partial charge in [0.15, 0.2) is 0 Å². The van der Waals surface area contributed by atoms with Gasteiger partial charge in [0.05, 0.1) is 12.2 Å². The molecule has 0 aliphatic carbocycles. The quantitative estimate of drug-likeness (QED) is 0.438. The predicted octanol–water partition coefficient (Wildman–Crippen LogP) is 4.53. The molecule has 0 aromatic rings. The van der Waals surface area contributed by atoms with Crippen LogP contribution < -0.4 is 0 Å². The van der Waals surface area contributed by atoms with E-state index < -0.39 is 11.7 Å². The minimum absolute atomic E-state index is 0.378. The molecule has 0 fully saturated rings. The molecule has 140 valence electrons. The number of aliphatic hydroxyl groups is 3. The van der Waals surface area contributed by atoms with Crippen LogP contribution in [0.15, 0.2) is 0 Å². The Morgan fingerprint density at radius 1 is 0.783 bits per heavy atom. The zero-order valence-electron chi connectivity index (χ0n) is 16.2. The predicted molar refractivity (Wildman–Crippen MR) is 98.4 cm³/mol. The van der Waals surface area contributed by atoms with E-state index in [9.17, 15) is 10.2 Å². The first-order valence-corrected chi connectivity index (χ1v) is 9.70. The van der Waals surface area contributed by atoms with E-state index in [-0.39, 0.29) is 6.61 Å². The van der Waals surface area contributed by atoms with E-state index in [1.807, 2.05) is 0 Å². The Balaban J connectivity index is 3.69. The zero-order chi connectivity index (χ0) is 17.9. The lowest BCUT2D eigenvalue weighted by Gasteiger charge is -2.28. The third-order valence-corrected chi connectivity index (χ3v) is 5.14. The Morgan fingerprint density at radius 3 is 1.65 bits per heavy atom. The third-order valence-electron chi connectivity index (χ3n) is 5.14. The molecule has 23 heavy (non-hydrogen) atoms. The van der Waals surface area contributed by atoms with Crippen LogP contribution in [0.3, 0.4) is 0 Å². The van der Waals surface area contributed by atoms with E-state index in [4.69, 9.17) is 5.11 Å². The zero-order valence-corrected chi connectivity index (χ0v) is 16.2. The Labute approximate surface area is 144 Å². The first-order chi connectivity index (χ1) is 10.7. The molecule has 0 saturated carbocycles. The molecule has 4 atom stereocenters. The summed E-state index contributed by atoms with van der Waals surface area (Å²) in [7, 11) is 0. The van der Waals surface area contributed by atoms with Gasteiger partial charge in [-0.25, -0.2) is 0 Å². The molecule has 0 spiro atoms. The maximum Gasteiger partial charge on any atom is 0.105 e. The summed E-state index contributed by atoms with van der Waals surface area (Å²) in [4.78, 5) is 0. The molecule has 3 heteroatoms. The van der Waals surface area contributed by atoms with Crippen LogP contribution >= 0.6 is 0 Å². The monoisotopic (exact) mass is 330 g/mol. The molecular formula is C20H42O3. The summed E-state index contributed by atoms with van der Waals surface area (Å²) in [6.07, 6.45) is 9.41. The summed E-state index contributed by atoms with van der Waals surface area (Å²) in [5.41, 5.74) is -1.17. The van der Waals surface area contributed by atoms with Crippen molar-refractivity contribution in [2.24, 2.45) is 17.8 Å². The number of aliphatic hydroxyl groups excluding tert-OH is 2. The first kappa shape index (κ1) is 22.9. The van der Waals surface area contributed by atoms with E-state index >= 15 is 0 Å². The Bertz CT molecular complexity index is 276. The summed E-state index contributed by atoms with van der Waals surface area (Å²) in [5.74, 6) is 2.32. The highest BCUT2D eigenvalue weighted by atomic mass is 16.4. The molecule has 3 nitrogen and oxygen atoms in total. The Morgan fingerprint density at radius 2 is 1.22 bits per heavy atom. The summed E-state index contributed by atoms with van der Waals surface area (Å²) >= 11 is 0. The van der Waals surface area contributed by atoms with Gasteiger partial charge in [0.2, 0.25) is 0 Å². The second-order valence-corrected chi connectivity index (χ2v) is 8.41. The highest BCUT2D eigenvalue weighted by molar-refractivity contribution is 4.81. The molecule has 0 bridgehead atoms. The number of rotatable bonds is 14. The fourth-order valence-electron chi connectivity index (χ4n) is 3.15. The van der Waals surface area contributed by atoms with Crippen LogP contribution in [0.1, 0.15) is 92.4 Å². The summed E-state index contributed by atoms with van der Waals surface area (Å²) in [5, 5.41) is 28.5. The molecule has 0 radical (unpaired) electrons. The average Bonchev–Trinajstić information content (AvgIpc) is 2.45. The van der Waals surface area contributed by atoms with E-state index in [0.29, 0.717) is 12.3 Å². The molecule has 0 aliphatic heterocycles. The van der Waals surface area contributed by atoms with Crippen molar-refractivity contribution >= 4 is 0 Å². The van der Waals surface area contributed by atoms with Crippen LogP contribution in [0.4, 0.5) is 0 Å². The minimum Gasteiger partial charge on any atom is -0.394 e. The SMILES string of the molecule is CC(C)CCC[C@H](C)CCC[C@H](C)CCC[C@@](C)(O)[C@@H](O)CO. The normalized spacial score (nSPS) is 18.7. The van der Waals surface area contributed by atoms with Crippen molar-refractivity contribution in [1.82, 2.24) is 0 Å². The van der Waals surface area contributed by atoms with Gasteiger partial charge in [0.1, 0.15) is 6.10 Å². The second-order valence-electron chi connectivity index (χ2n) is 8.41. The van der Waals surface area contributed by atoms with Crippen molar-refractivity contribution in [1.29, 1.82) is 0 Å². The maximum atomic E-state index is 10.1. The van der Waals surface area contributed by atoms with E-state index in [1.165, 1.54) is 38.5 Å². The molecule has 0 heterocycles. The lowest BCUT2D eigenvalue weighted by Crippen LogP contribution is -2.41. The molecule has 0 saturated heterocycles. The van der Waals surface area contributed by atoms with Crippen LogP contribution in [0, 0.1) is 17.8 Å². The van der Waals surface area contributed by atoms with Crippen molar-refractivity contribution in [2.75, 3.05) is 6.61 Å². The van der Waals surface area contributed by atoms with Crippen molar-refractivity contribution < 1.29 is 15.3 Å². The van der Waals surface area contributed by atoms with Gasteiger partial charge in [-0.05, 0) is 31.1 Å². The van der Waals surface area contributed by atoms with Crippen LogP contribution in [-0.4, -0.2) is 33.6 Å². The van der Waals surface area contributed by atoms with Gasteiger partial charge in [-0.1, -0.05) is 79.1 Å². The fourth-order valence-corrected chi connectivity index (χ4v) is 3.15. The molecule has 0 amide bonds. The molecular weight excluding hydrogens is 288 g/mol. The number of hydrogen-bond acceptors (Lipinski definition) is 3. The van der Waals surface area contributed by atoms with Gasteiger partial charge in [-0.3, -0.25) is 0 Å². The largest absolute Gasteiger partial charge is 0.394 e. The second kappa shape index (κ2) is 12.3. The first-order valence-electron chi connectivity index (χ1n) is 9.70. The summed E-state index contributed by atoms with van der Waals surface area (Å²) in [6.45, 7) is 10.5. The lowest BCUT2D eigenvalue weighted by atomic mass is 9.88. The lowest BCUT2D eigenvalue weighted by molar-refractivity contribution is -0.0886. The van der Waals surface area contributed by atoms with Gasteiger partial charge < -0.3 is 15.3 Å². The molecule has 0 rings (SSSR count). The molecule has 0 aromatic carbocycles. The van der Waals surface area contributed by atoms with Crippen LogP contribution in [0.2, 0.25) is 0 Å². The standard InChI is InChI=1S/C20H42O3/c1-16(2)9-6-10-17(3)11-7-12-18(4)13-8-14-20(5,23)19(22)15-21/h16-19,21-23H,6-15H2,1-5H3/t17-,18-,19-,20+/m0/s1. The molecule has 0 aliphatic rings. The average molecular weight is 331 g/mol. The van der Waals surface area contributed by atoms with Crippen LogP contribution in [0.25, 0.3) is 0 Å². The van der Waals surface area contributed by atoms with Gasteiger partial charge >= 0.3 is 0 Å². The number of hydrogen-bond donors (Lipinski definition) is 3. The molecule has 0 unspecified atom stereocenters. The van der Waals surface area contributed by atoms with Crippen LogP contribution in [0.5, 0.6) is 0 Å². The third kappa shape index (κ3) is 12.0. The van der Waals surface area contributed by atoms with E-state index in [2.05, 4.69) is 27.7 Å². The highest BCUT2D eigenvalue weighted by Gasteiger charge is 2.29. The molecule has 0 aromatic heterocycles. The van der Waals surface area contributed by atoms with Crippen molar-refractivity contribution in [2.45, 2.75) is 104 Å². The van der Waals surface area contributed by atoms with Gasteiger partial charge in [0, 0.05) is 0 Å². The van der Waals surface area contributed by atoms with E-state index in [1.54, 1.807) is 6.92 Å². The van der Waals surface area contributed by atoms with Gasteiger partial charge in [-0.2, -0.15) is 0 Å². The molecule has 3 N–H and O–H groups in total. The maximum absolute atomic E-state index is 10.1. The van der Waals surface area contributed by atoms with Crippen molar-refractivity contribution in [3.05, 3.63) is 0 Å². The van der Waals surface area contributed by atoms with Crippen molar-refractivity contribution in [3.8, 4) is 0 Å². The Kier molecular flexibility index (Phi) is 12.2.